The monoisotopic (exact) mass is 218 g/mol. The average Bonchev–Trinajstić information content (AvgIpc) is 2.29. The summed E-state index contributed by atoms with van der Waals surface area (Å²) in [5.41, 5.74) is 1.51. The maximum atomic E-state index is 10.6. The van der Waals surface area contributed by atoms with Crippen LogP contribution in [-0.2, 0) is 4.79 Å². The molecule has 1 unspecified atom stereocenters. The van der Waals surface area contributed by atoms with E-state index >= 15 is 0 Å². The number of carboxylic acid groups (broad SMARTS) is 1. The van der Waals surface area contributed by atoms with Crippen LogP contribution in [0.1, 0.15) is 18.9 Å². The van der Waals surface area contributed by atoms with Gasteiger partial charge in [-0.1, -0.05) is 6.92 Å². The molecule has 4 heteroatoms. The largest absolute Gasteiger partial charge is 0.481 e. The molecule has 0 bridgehead atoms. The summed E-state index contributed by atoms with van der Waals surface area (Å²) < 4.78 is 0. The third kappa shape index (κ3) is 3.62. The van der Waals surface area contributed by atoms with Crippen molar-refractivity contribution >= 4 is 11.7 Å². The van der Waals surface area contributed by atoms with E-state index in [9.17, 15) is 4.79 Å². The van der Waals surface area contributed by atoms with Gasteiger partial charge in [-0.15, -0.1) is 0 Å². The van der Waals surface area contributed by atoms with Gasteiger partial charge in [0.15, 0.2) is 0 Å². The minimum Gasteiger partial charge on any atom is -0.481 e. The number of benzene rings is 1. The fraction of sp³-hybridized carbons (Fsp3) is 0.333. The number of nitrogens with one attached hydrogen (secondary N) is 1. The second kappa shape index (κ2) is 5.76. The van der Waals surface area contributed by atoms with Crippen molar-refractivity contribution in [1.82, 2.24) is 0 Å². The van der Waals surface area contributed by atoms with E-state index in [1.165, 1.54) is 0 Å². The molecule has 2 N–H and O–H groups in total. The van der Waals surface area contributed by atoms with Crippen LogP contribution >= 0.6 is 0 Å². The van der Waals surface area contributed by atoms with Gasteiger partial charge in [-0.2, -0.15) is 5.26 Å². The number of carbonyl (C=O) groups is 1. The lowest BCUT2D eigenvalue weighted by Gasteiger charge is -2.08. The average molecular weight is 218 g/mol. The van der Waals surface area contributed by atoms with Crippen LogP contribution in [0.25, 0.3) is 0 Å². The Morgan fingerprint density at radius 3 is 2.62 bits per heavy atom. The number of rotatable bonds is 5. The Morgan fingerprint density at radius 2 is 2.12 bits per heavy atom. The minimum atomic E-state index is -0.776. The highest BCUT2D eigenvalue weighted by atomic mass is 16.4. The van der Waals surface area contributed by atoms with Crippen molar-refractivity contribution in [2.45, 2.75) is 13.3 Å². The lowest BCUT2D eigenvalue weighted by molar-refractivity contribution is -0.141. The summed E-state index contributed by atoms with van der Waals surface area (Å²) in [4.78, 5) is 10.6. The third-order valence-corrected chi connectivity index (χ3v) is 2.34. The van der Waals surface area contributed by atoms with Crippen LogP contribution in [0.3, 0.4) is 0 Å². The number of hydrogen-bond acceptors (Lipinski definition) is 3. The molecule has 84 valence electrons. The van der Waals surface area contributed by atoms with Crippen LogP contribution in [-0.4, -0.2) is 17.6 Å². The minimum absolute atomic E-state index is 0.342. The molecule has 0 saturated heterocycles. The van der Waals surface area contributed by atoms with Gasteiger partial charge in [0, 0.05) is 12.2 Å². The topological polar surface area (TPSA) is 73.1 Å². The highest BCUT2D eigenvalue weighted by Gasteiger charge is 2.09. The zero-order valence-corrected chi connectivity index (χ0v) is 9.10. The van der Waals surface area contributed by atoms with Crippen molar-refractivity contribution in [3.05, 3.63) is 29.8 Å². The van der Waals surface area contributed by atoms with Gasteiger partial charge in [0.05, 0.1) is 17.6 Å². The molecule has 0 fully saturated rings. The fourth-order valence-corrected chi connectivity index (χ4v) is 1.22. The van der Waals surface area contributed by atoms with Gasteiger partial charge in [-0.25, -0.2) is 0 Å². The zero-order valence-electron chi connectivity index (χ0n) is 9.10. The van der Waals surface area contributed by atoms with Crippen molar-refractivity contribution in [2.24, 2.45) is 5.92 Å². The molecule has 1 aromatic rings. The Labute approximate surface area is 94.5 Å². The molecule has 1 aromatic carbocycles. The summed E-state index contributed by atoms with van der Waals surface area (Å²) in [7, 11) is 0. The van der Waals surface area contributed by atoms with E-state index in [-0.39, 0.29) is 5.92 Å². The van der Waals surface area contributed by atoms with E-state index in [0.717, 1.165) is 5.69 Å². The fourth-order valence-electron chi connectivity index (χ4n) is 1.22. The van der Waals surface area contributed by atoms with Gasteiger partial charge in [-0.05, 0) is 30.7 Å². The second-order valence-corrected chi connectivity index (χ2v) is 3.64. The number of hydrogen-bond donors (Lipinski definition) is 2. The second-order valence-electron chi connectivity index (χ2n) is 3.64. The Morgan fingerprint density at radius 1 is 1.50 bits per heavy atom. The first-order valence-corrected chi connectivity index (χ1v) is 5.10. The van der Waals surface area contributed by atoms with E-state index in [1.807, 2.05) is 18.2 Å². The highest BCUT2D eigenvalue weighted by molar-refractivity contribution is 5.69. The molecule has 4 nitrogen and oxygen atoms in total. The van der Waals surface area contributed by atoms with E-state index in [1.54, 1.807) is 19.1 Å². The molecule has 0 aliphatic rings. The van der Waals surface area contributed by atoms with Crippen molar-refractivity contribution in [3.63, 3.8) is 0 Å². The van der Waals surface area contributed by atoms with Gasteiger partial charge in [0.25, 0.3) is 0 Å². The van der Waals surface area contributed by atoms with Gasteiger partial charge in [-0.3, -0.25) is 4.79 Å². The van der Waals surface area contributed by atoms with Crippen LogP contribution < -0.4 is 5.32 Å². The third-order valence-electron chi connectivity index (χ3n) is 2.34. The maximum Gasteiger partial charge on any atom is 0.306 e. The summed E-state index contributed by atoms with van der Waals surface area (Å²) in [6.45, 7) is 2.29. The molecule has 0 amide bonds. The molecule has 16 heavy (non-hydrogen) atoms. The molecule has 1 atom stereocenters. The molecular formula is C12H14N2O2. The summed E-state index contributed by atoms with van der Waals surface area (Å²) in [6.07, 6.45) is 0.579. The molecular weight excluding hydrogens is 204 g/mol. The smallest absolute Gasteiger partial charge is 0.306 e. The molecule has 0 aromatic heterocycles. The molecule has 0 aliphatic heterocycles. The van der Waals surface area contributed by atoms with Crippen LogP contribution in [0, 0.1) is 17.2 Å². The first-order chi connectivity index (χ1) is 7.63. The molecule has 1 rings (SSSR count). The number of nitrogens with zero attached hydrogens (tertiary/aromatic N) is 1. The number of aliphatic carboxylic acids is 1. The van der Waals surface area contributed by atoms with Gasteiger partial charge in [0.1, 0.15) is 0 Å². The standard InChI is InChI=1S/C12H14N2O2/c1-9(12(15)16)6-7-14-11-4-2-10(8-13)3-5-11/h2-5,9,14H,6-7H2,1H3,(H,15,16). The number of nitriles is 1. The highest BCUT2D eigenvalue weighted by Crippen LogP contribution is 2.09. The van der Waals surface area contributed by atoms with Crippen LogP contribution in [0.2, 0.25) is 0 Å². The van der Waals surface area contributed by atoms with Crippen molar-refractivity contribution in [2.75, 3.05) is 11.9 Å². The summed E-state index contributed by atoms with van der Waals surface area (Å²) in [5.74, 6) is -1.12. The summed E-state index contributed by atoms with van der Waals surface area (Å²) >= 11 is 0. The summed E-state index contributed by atoms with van der Waals surface area (Å²) in [5, 5.41) is 20.4. The first kappa shape index (κ1) is 12.1. The Kier molecular flexibility index (Phi) is 4.34. The van der Waals surface area contributed by atoms with E-state index in [2.05, 4.69) is 5.32 Å². The van der Waals surface area contributed by atoms with Crippen LogP contribution in [0.15, 0.2) is 24.3 Å². The lowest BCUT2D eigenvalue weighted by Crippen LogP contribution is -2.14. The predicted molar refractivity (Wildman–Crippen MR) is 61.1 cm³/mol. The molecule has 0 saturated carbocycles. The van der Waals surface area contributed by atoms with Crippen molar-refractivity contribution in [3.8, 4) is 6.07 Å². The van der Waals surface area contributed by atoms with E-state index in [0.29, 0.717) is 18.5 Å². The van der Waals surface area contributed by atoms with Crippen molar-refractivity contribution < 1.29 is 9.90 Å². The predicted octanol–water partition coefficient (Wildman–Crippen LogP) is 2.08. The molecule has 0 spiro atoms. The van der Waals surface area contributed by atoms with Crippen molar-refractivity contribution in [1.29, 1.82) is 5.26 Å². The number of anilines is 1. The van der Waals surface area contributed by atoms with E-state index < -0.39 is 5.97 Å². The first-order valence-electron chi connectivity index (χ1n) is 5.10. The van der Waals surface area contributed by atoms with E-state index in [4.69, 9.17) is 10.4 Å². The van der Waals surface area contributed by atoms with Gasteiger partial charge in [0.2, 0.25) is 0 Å². The Balaban J connectivity index is 2.38. The van der Waals surface area contributed by atoms with Crippen LogP contribution in [0.5, 0.6) is 0 Å². The Hall–Kier alpha value is -2.02. The lowest BCUT2D eigenvalue weighted by atomic mass is 10.1. The normalized spacial score (nSPS) is 11.5. The van der Waals surface area contributed by atoms with Gasteiger partial charge < -0.3 is 10.4 Å². The molecule has 0 aliphatic carbocycles. The Bertz CT molecular complexity index is 392. The zero-order chi connectivity index (χ0) is 12.0. The maximum absolute atomic E-state index is 10.6. The molecule has 0 radical (unpaired) electrons. The van der Waals surface area contributed by atoms with Crippen LogP contribution in [0.4, 0.5) is 5.69 Å². The number of carboxylic acids is 1. The SMILES string of the molecule is CC(CCNc1ccc(C#N)cc1)C(=O)O. The molecule has 0 heterocycles. The van der Waals surface area contributed by atoms with Gasteiger partial charge >= 0.3 is 5.97 Å². The quantitative estimate of drug-likeness (QED) is 0.793. The summed E-state index contributed by atoms with van der Waals surface area (Å²) in [6, 6.07) is 9.11.